The molecule has 0 saturated heterocycles. The highest BCUT2D eigenvalue weighted by Gasteiger charge is 2.66. The fourth-order valence-electron chi connectivity index (χ4n) is 6.75. The van der Waals surface area contributed by atoms with Gasteiger partial charge in [-0.05, 0) is 67.1 Å². The molecular weight excluding hydrogens is 589 g/mol. The van der Waals surface area contributed by atoms with Gasteiger partial charge in [-0.15, -0.1) is 0 Å². The molecule has 1 aliphatic heterocycles. The summed E-state index contributed by atoms with van der Waals surface area (Å²) in [5, 5.41) is 21.1. The first kappa shape index (κ1) is 32.1. The smallest absolute Gasteiger partial charge is 0.257 e. The van der Waals surface area contributed by atoms with Crippen LogP contribution in [0.2, 0.25) is 10.0 Å². The zero-order chi connectivity index (χ0) is 31.6. The Hall–Kier alpha value is -2.33. The molecule has 2 N–H and O–H groups in total. The first-order valence-corrected chi connectivity index (χ1v) is 14.9. The number of hydrogen-bond donors (Lipinski definition) is 2. The van der Waals surface area contributed by atoms with Crippen LogP contribution in [0.1, 0.15) is 52.5 Å². The number of carbonyl (C=O) groups excluding carboxylic acids is 1. The Morgan fingerprint density at radius 3 is 2.21 bits per heavy atom. The van der Waals surface area contributed by atoms with E-state index in [0.717, 1.165) is 0 Å². The minimum Gasteiger partial charge on any atom is -0.407 e. The first-order valence-electron chi connectivity index (χ1n) is 14.2. The summed E-state index contributed by atoms with van der Waals surface area (Å²) in [7, 11) is 8.66. The third kappa shape index (κ3) is 5.34. The lowest BCUT2D eigenvalue weighted by molar-refractivity contribution is -0.169. The van der Waals surface area contributed by atoms with Gasteiger partial charge in [-0.3, -0.25) is 14.7 Å². The third-order valence-corrected chi connectivity index (χ3v) is 9.63. The lowest BCUT2D eigenvalue weighted by Crippen LogP contribution is -2.62. The molecule has 2 atom stereocenters. The number of hydrogen-bond acceptors (Lipinski definition) is 6. The van der Waals surface area contributed by atoms with Gasteiger partial charge in [0.25, 0.3) is 5.91 Å². The topological polar surface area (TPSA) is 92.1 Å². The number of carbonyl (C=O) groups is 1. The number of nitrogens with zero attached hydrogens (tertiary/aromatic N) is 2. The highest BCUT2D eigenvalue weighted by atomic mass is 35.5. The molecule has 3 aromatic rings. The van der Waals surface area contributed by atoms with Crippen molar-refractivity contribution in [2.75, 3.05) is 13.7 Å². The molecule has 0 radical (unpaired) electrons. The average molecular weight is 623 g/mol. The molecular formula is C29H33B4Cl2FN2O5. The summed E-state index contributed by atoms with van der Waals surface area (Å²) in [5.74, 6) is -1.25. The molecule has 0 spiro atoms. The van der Waals surface area contributed by atoms with Crippen LogP contribution in [-0.2, 0) is 27.3 Å². The van der Waals surface area contributed by atoms with E-state index in [-0.39, 0.29) is 29.8 Å². The number of aromatic nitrogens is 1. The minimum absolute atomic E-state index is 0.00498. The molecule has 1 saturated carbocycles. The van der Waals surface area contributed by atoms with Crippen LogP contribution < -0.4 is 0 Å². The van der Waals surface area contributed by atoms with Crippen LogP contribution in [0.25, 0.3) is 0 Å². The van der Waals surface area contributed by atoms with E-state index in [2.05, 4.69) is 4.98 Å². The van der Waals surface area contributed by atoms with Crippen LogP contribution in [0.5, 0.6) is 0 Å². The molecule has 222 valence electrons. The Bertz CT molecular complexity index is 1550. The molecule has 0 bridgehead atoms. The van der Waals surface area contributed by atoms with E-state index < -0.39 is 39.3 Å². The Morgan fingerprint density at radius 2 is 1.67 bits per heavy atom. The molecule has 43 heavy (non-hydrogen) atoms. The second kappa shape index (κ2) is 10.9. The van der Waals surface area contributed by atoms with Crippen molar-refractivity contribution in [3.05, 3.63) is 98.5 Å². The molecule has 5 rings (SSSR count). The summed E-state index contributed by atoms with van der Waals surface area (Å²) in [6, 6.07) is 12.8. The zero-order valence-electron chi connectivity index (χ0n) is 25.2. The second-order valence-electron chi connectivity index (χ2n) is 12.9. The van der Waals surface area contributed by atoms with Gasteiger partial charge in [0.2, 0.25) is 0 Å². The average Bonchev–Trinajstić information content (AvgIpc) is 3.72. The molecule has 1 aliphatic carbocycles. The highest BCUT2D eigenvalue weighted by molar-refractivity contribution is 6.45. The Balaban J connectivity index is 1.80. The molecule has 2 aliphatic rings. The summed E-state index contributed by atoms with van der Waals surface area (Å²) in [5.41, 5.74) is -2.84. The van der Waals surface area contributed by atoms with Crippen LogP contribution in [-0.4, -0.2) is 81.9 Å². The van der Waals surface area contributed by atoms with Crippen LogP contribution in [0.4, 0.5) is 4.39 Å². The van der Waals surface area contributed by atoms with Crippen molar-refractivity contribution in [3.63, 3.8) is 0 Å². The minimum atomic E-state index is -1.79. The van der Waals surface area contributed by atoms with Gasteiger partial charge in [0.05, 0.1) is 35.0 Å². The monoisotopic (exact) mass is 622 g/mol. The van der Waals surface area contributed by atoms with Gasteiger partial charge >= 0.3 is 0 Å². The zero-order valence-corrected chi connectivity index (χ0v) is 26.7. The number of halogens is 3. The number of aliphatic hydroxyl groups is 2. The van der Waals surface area contributed by atoms with Crippen LogP contribution in [0.15, 0.2) is 54.7 Å². The van der Waals surface area contributed by atoms with E-state index in [1.54, 1.807) is 52.1 Å². The normalized spacial score (nSPS) is 21.0. The number of benzene rings is 2. The SMILES string of the molecule is BC(B)(O)C1(C(B)(B)O[C@]2(c3ccc(Cl)cc3)c3c(F)cc(C(C)(O)COC)cc3C(=O)N2Cc2ccc(Cl)cn2)CC1. The summed E-state index contributed by atoms with van der Waals surface area (Å²) in [4.78, 5) is 20.4. The Labute approximate surface area is 264 Å². The predicted octanol–water partition coefficient (Wildman–Crippen LogP) is 0.868. The molecule has 1 amide bonds. The second-order valence-corrected chi connectivity index (χ2v) is 13.7. The summed E-state index contributed by atoms with van der Waals surface area (Å²) in [6.07, 6.45) is 2.84. The Kier molecular flexibility index (Phi) is 8.15. The summed E-state index contributed by atoms with van der Waals surface area (Å²) in [6.45, 7) is 1.33. The standard InChI is InChI=1S/C29H33B4Cl2FN2O5/c1-25(40,15-42-2)17-11-21-23(22(36)12-17)27(16-3-5-18(34)6-4-16,43-29(32,33)26(9-10-26)28(30,31)41)38(24(21)39)14-20-8-7-19(35)13-37-20/h3-8,11-13,40-41H,9-10,14-15,30-33H2,1-2H3/t25?,27-/m1/s1. The van der Waals surface area contributed by atoms with E-state index >= 15 is 4.39 Å². The quantitative estimate of drug-likeness (QED) is 0.326. The molecule has 1 aromatic heterocycles. The molecule has 2 heterocycles. The van der Waals surface area contributed by atoms with Crippen LogP contribution >= 0.6 is 23.2 Å². The van der Waals surface area contributed by atoms with E-state index in [4.69, 9.17) is 32.7 Å². The van der Waals surface area contributed by atoms with E-state index in [1.165, 1.54) is 37.3 Å². The number of methoxy groups -OCH3 is 1. The molecule has 7 nitrogen and oxygen atoms in total. The van der Waals surface area contributed by atoms with Crippen molar-refractivity contribution >= 4 is 60.5 Å². The Morgan fingerprint density at radius 1 is 1.05 bits per heavy atom. The largest absolute Gasteiger partial charge is 0.407 e. The fraction of sp³-hybridized carbons (Fsp3) is 0.379. The maximum atomic E-state index is 16.7. The maximum absolute atomic E-state index is 16.7. The molecule has 2 aromatic carbocycles. The van der Waals surface area contributed by atoms with E-state index in [1.807, 2.05) is 15.7 Å². The molecule has 1 unspecified atom stereocenters. The molecule has 14 heteroatoms. The van der Waals surface area contributed by atoms with Crippen molar-refractivity contribution in [2.45, 2.75) is 48.4 Å². The van der Waals surface area contributed by atoms with Gasteiger partial charge in [-0.1, -0.05) is 35.3 Å². The van der Waals surface area contributed by atoms with E-state index in [0.29, 0.717) is 34.1 Å². The lowest BCUT2D eigenvalue weighted by Gasteiger charge is -2.51. The number of amides is 1. The summed E-state index contributed by atoms with van der Waals surface area (Å²) >= 11 is 12.4. The third-order valence-electron chi connectivity index (χ3n) is 9.15. The number of pyridine rings is 1. The first-order chi connectivity index (χ1) is 20.0. The van der Waals surface area contributed by atoms with Crippen molar-refractivity contribution in [1.29, 1.82) is 0 Å². The van der Waals surface area contributed by atoms with E-state index in [9.17, 15) is 15.0 Å². The highest BCUT2D eigenvalue weighted by Crippen LogP contribution is 2.61. The van der Waals surface area contributed by atoms with Gasteiger partial charge in [0, 0.05) is 34.7 Å². The number of rotatable bonds is 10. The van der Waals surface area contributed by atoms with Crippen molar-refractivity contribution < 1.29 is 28.9 Å². The predicted molar refractivity (Wildman–Crippen MR) is 174 cm³/mol. The van der Waals surface area contributed by atoms with Gasteiger partial charge in [0.1, 0.15) is 42.8 Å². The van der Waals surface area contributed by atoms with Crippen molar-refractivity contribution in [3.8, 4) is 0 Å². The number of ether oxygens (including phenoxy) is 2. The van der Waals surface area contributed by atoms with Gasteiger partial charge < -0.3 is 19.7 Å². The van der Waals surface area contributed by atoms with Crippen LogP contribution in [0.3, 0.4) is 0 Å². The fourth-order valence-corrected chi connectivity index (χ4v) is 6.98. The maximum Gasteiger partial charge on any atom is 0.257 e. The number of fused-ring (bicyclic) bond motifs is 1. The van der Waals surface area contributed by atoms with Gasteiger partial charge in [-0.2, -0.15) is 0 Å². The van der Waals surface area contributed by atoms with Gasteiger partial charge in [-0.25, -0.2) is 4.39 Å². The molecule has 1 fully saturated rings. The summed E-state index contributed by atoms with van der Waals surface area (Å²) < 4.78 is 29.0. The van der Waals surface area contributed by atoms with Crippen molar-refractivity contribution in [2.24, 2.45) is 5.41 Å². The van der Waals surface area contributed by atoms with Gasteiger partial charge in [0.15, 0.2) is 5.72 Å². The lowest BCUT2D eigenvalue weighted by atomic mass is 9.43. The van der Waals surface area contributed by atoms with Crippen LogP contribution in [0, 0.1) is 11.2 Å². The van der Waals surface area contributed by atoms with Crippen molar-refractivity contribution in [1.82, 2.24) is 9.88 Å².